The number of halogens is 2. The summed E-state index contributed by atoms with van der Waals surface area (Å²) >= 11 is 0.911. The van der Waals surface area contributed by atoms with Crippen LogP contribution in [0.1, 0.15) is 6.92 Å². The minimum atomic E-state index is -2.75. The van der Waals surface area contributed by atoms with Crippen molar-refractivity contribution in [2.24, 2.45) is 0 Å². The van der Waals surface area contributed by atoms with Gasteiger partial charge in [-0.1, -0.05) is 6.07 Å². The SMILES string of the molecule is CCn1c(=O)/c(=C\Nc2cccc(NCCOC)n2)s/c1=C(/C#N)C(=O)NCC(F)F. The van der Waals surface area contributed by atoms with Gasteiger partial charge in [-0.05, 0) is 19.1 Å². The van der Waals surface area contributed by atoms with Gasteiger partial charge >= 0.3 is 0 Å². The summed E-state index contributed by atoms with van der Waals surface area (Å²) in [6.07, 6.45) is -1.32. The number of carbonyl (C=O) groups excluding carboxylic acids is 1. The predicted molar refractivity (Wildman–Crippen MR) is 114 cm³/mol. The summed E-state index contributed by atoms with van der Waals surface area (Å²) in [7, 11) is 1.60. The van der Waals surface area contributed by atoms with Gasteiger partial charge in [0.25, 0.3) is 17.9 Å². The first-order valence-corrected chi connectivity index (χ1v) is 10.1. The monoisotopic (exact) mass is 452 g/mol. The van der Waals surface area contributed by atoms with Crippen LogP contribution in [-0.4, -0.2) is 48.7 Å². The molecule has 0 aliphatic rings. The molecule has 31 heavy (non-hydrogen) atoms. The van der Waals surface area contributed by atoms with Crippen LogP contribution >= 0.6 is 11.3 Å². The van der Waals surface area contributed by atoms with E-state index in [1.807, 2.05) is 5.32 Å². The summed E-state index contributed by atoms with van der Waals surface area (Å²) in [4.78, 5) is 29.2. The molecule has 9 nitrogen and oxygen atoms in total. The number of nitriles is 1. The number of hydrogen-bond donors (Lipinski definition) is 3. The van der Waals surface area contributed by atoms with Crippen molar-refractivity contribution in [1.29, 1.82) is 5.26 Å². The van der Waals surface area contributed by atoms with Gasteiger partial charge in [0.2, 0.25) is 0 Å². The number of rotatable bonds is 10. The van der Waals surface area contributed by atoms with Crippen LogP contribution in [0.25, 0.3) is 11.8 Å². The number of hydrogen-bond acceptors (Lipinski definition) is 8. The third kappa shape index (κ3) is 6.59. The molecule has 0 spiro atoms. The average Bonchev–Trinajstić information content (AvgIpc) is 3.07. The highest BCUT2D eigenvalue weighted by Crippen LogP contribution is 2.08. The second-order valence-electron chi connectivity index (χ2n) is 6.03. The summed E-state index contributed by atoms with van der Waals surface area (Å²) in [5, 5.41) is 17.4. The van der Waals surface area contributed by atoms with Gasteiger partial charge in [-0.3, -0.25) is 14.2 Å². The van der Waals surface area contributed by atoms with Crippen molar-refractivity contribution in [3.8, 4) is 6.07 Å². The van der Waals surface area contributed by atoms with E-state index in [1.54, 1.807) is 38.3 Å². The van der Waals surface area contributed by atoms with E-state index in [0.29, 0.717) is 24.8 Å². The van der Waals surface area contributed by atoms with E-state index in [2.05, 4.69) is 15.6 Å². The van der Waals surface area contributed by atoms with Gasteiger partial charge in [0, 0.05) is 26.4 Å². The van der Waals surface area contributed by atoms with Crippen molar-refractivity contribution >= 4 is 40.7 Å². The van der Waals surface area contributed by atoms with E-state index in [0.717, 1.165) is 11.3 Å². The number of aromatic nitrogens is 2. The number of pyridine rings is 1. The Labute approximate surface area is 180 Å². The summed E-state index contributed by atoms with van der Waals surface area (Å²) in [6.45, 7) is 2.09. The number of nitrogens with zero attached hydrogens (tertiary/aromatic N) is 3. The molecule has 2 heterocycles. The number of thiazole rings is 1. The summed E-state index contributed by atoms with van der Waals surface area (Å²) in [5.74, 6) is 0.130. The first-order chi connectivity index (χ1) is 14.9. The van der Waals surface area contributed by atoms with Crippen LogP contribution in [0.2, 0.25) is 0 Å². The van der Waals surface area contributed by atoms with E-state index in [-0.39, 0.29) is 15.7 Å². The molecular weight excluding hydrogens is 430 g/mol. The fourth-order valence-corrected chi connectivity index (χ4v) is 3.57. The molecule has 0 unspecified atom stereocenters. The number of nitrogens with one attached hydrogen (secondary N) is 3. The molecule has 0 aliphatic heterocycles. The first kappa shape index (κ1) is 24.0. The third-order valence-corrected chi connectivity index (χ3v) is 5.04. The highest BCUT2D eigenvalue weighted by atomic mass is 32.1. The Morgan fingerprint density at radius 3 is 2.81 bits per heavy atom. The van der Waals surface area contributed by atoms with Crippen LogP contribution in [0.5, 0.6) is 0 Å². The van der Waals surface area contributed by atoms with E-state index in [1.165, 1.54) is 10.8 Å². The van der Waals surface area contributed by atoms with Crippen molar-refractivity contribution in [2.45, 2.75) is 19.9 Å². The number of anilines is 2. The second kappa shape index (κ2) is 11.8. The van der Waals surface area contributed by atoms with E-state index >= 15 is 0 Å². The Bertz CT molecular complexity index is 1120. The second-order valence-corrected chi connectivity index (χ2v) is 7.06. The molecule has 166 valence electrons. The maximum Gasteiger partial charge on any atom is 0.270 e. The van der Waals surface area contributed by atoms with E-state index in [4.69, 9.17) is 4.74 Å². The van der Waals surface area contributed by atoms with Crippen molar-refractivity contribution in [3.05, 3.63) is 37.7 Å². The molecule has 0 aromatic carbocycles. The highest BCUT2D eigenvalue weighted by Gasteiger charge is 2.16. The lowest BCUT2D eigenvalue weighted by molar-refractivity contribution is -0.116. The Balaban J connectivity index is 2.37. The fraction of sp³-hybridized carbons (Fsp3) is 0.368. The van der Waals surface area contributed by atoms with Crippen molar-refractivity contribution in [3.63, 3.8) is 0 Å². The molecule has 0 radical (unpaired) electrons. The molecule has 2 aromatic heterocycles. The molecule has 2 rings (SSSR count). The van der Waals surface area contributed by atoms with Gasteiger partial charge in [-0.25, -0.2) is 13.8 Å². The summed E-state index contributed by atoms with van der Waals surface area (Å²) < 4.78 is 31.3. The molecule has 0 atom stereocenters. The molecular formula is C19H22F2N6O3S. The molecule has 3 N–H and O–H groups in total. The average molecular weight is 452 g/mol. The normalized spacial score (nSPS) is 12.5. The zero-order chi connectivity index (χ0) is 22.8. The van der Waals surface area contributed by atoms with Crippen molar-refractivity contribution in [2.75, 3.05) is 37.4 Å². The Hall–Kier alpha value is -3.30. The number of ether oxygens (including phenoxy) is 1. The Kier molecular flexibility index (Phi) is 9.11. The lowest BCUT2D eigenvalue weighted by Crippen LogP contribution is -2.35. The maximum atomic E-state index is 12.7. The fourth-order valence-electron chi connectivity index (χ4n) is 2.48. The molecule has 12 heteroatoms. The summed E-state index contributed by atoms with van der Waals surface area (Å²) in [6, 6.07) is 6.97. The Morgan fingerprint density at radius 2 is 2.16 bits per heavy atom. The van der Waals surface area contributed by atoms with Gasteiger partial charge in [0.1, 0.15) is 26.9 Å². The van der Waals surface area contributed by atoms with Crippen molar-refractivity contribution in [1.82, 2.24) is 14.9 Å². The van der Waals surface area contributed by atoms with Crippen LogP contribution in [-0.2, 0) is 16.1 Å². The first-order valence-electron chi connectivity index (χ1n) is 9.28. The molecule has 0 saturated heterocycles. The highest BCUT2D eigenvalue weighted by molar-refractivity contribution is 7.07. The summed E-state index contributed by atoms with van der Waals surface area (Å²) in [5.41, 5.74) is -0.814. The van der Waals surface area contributed by atoms with Gasteiger partial charge < -0.3 is 20.7 Å². The quantitative estimate of drug-likeness (QED) is 0.443. The van der Waals surface area contributed by atoms with Gasteiger partial charge in [0.15, 0.2) is 5.57 Å². The third-order valence-electron chi connectivity index (χ3n) is 3.91. The lowest BCUT2D eigenvalue weighted by atomic mass is 10.3. The van der Waals surface area contributed by atoms with Crippen LogP contribution in [0.4, 0.5) is 20.4 Å². The zero-order valence-corrected chi connectivity index (χ0v) is 17.8. The van der Waals surface area contributed by atoms with Crippen molar-refractivity contribution < 1.29 is 18.3 Å². The largest absolute Gasteiger partial charge is 0.383 e. The molecule has 1 amide bonds. The van der Waals surface area contributed by atoms with Gasteiger partial charge in [-0.15, -0.1) is 11.3 Å². The minimum absolute atomic E-state index is 0.0951. The number of methoxy groups -OCH3 is 1. The smallest absolute Gasteiger partial charge is 0.270 e. The van der Waals surface area contributed by atoms with E-state index < -0.39 is 30.0 Å². The molecule has 2 aromatic rings. The predicted octanol–water partition coefficient (Wildman–Crippen LogP) is 0.289. The number of amides is 1. The van der Waals surface area contributed by atoms with Crippen LogP contribution in [0.3, 0.4) is 0 Å². The van der Waals surface area contributed by atoms with Crippen LogP contribution in [0, 0.1) is 11.3 Å². The molecule has 0 aliphatic carbocycles. The van der Waals surface area contributed by atoms with E-state index in [9.17, 15) is 23.6 Å². The standard InChI is InChI=1S/C19H22F2N6O3S/c1-3-27-18(29)13(31-19(27)12(9-22)17(28)25-11-14(20)21)10-24-16-6-4-5-15(26-16)23-7-8-30-2/h4-6,10,14H,3,7-8,11H2,1-2H3,(H,25,28)(H2,23,24,26)/b13-10+,19-12-. The number of alkyl halides is 2. The van der Waals surface area contributed by atoms with Crippen LogP contribution in [0.15, 0.2) is 23.0 Å². The van der Waals surface area contributed by atoms with Gasteiger partial charge in [-0.2, -0.15) is 5.26 Å². The topological polar surface area (TPSA) is 121 Å². The Morgan fingerprint density at radius 1 is 1.42 bits per heavy atom. The lowest BCUT2D eigenvalue weighted by Gasteiger charge is -2.06. The number of carbonyl (C=O) groups is 1. The zero-order valence-electron chi connectivity index (χ0n) is 16.9. The molecule has 0 bridgehead atoms. The van der Waals surface area contributed by atoms with Gasteiger partial charge in [0.05, 0.1) is 13.2 Å². The van der Waals surface area contributed by atoms with Crippen LogP contribution < -0.4 is 30.7 Å². The molecule has 0 fully saturated rings. The minimum Gasteiger partial charge on any atom is -0.383 e. The maximum absolute atomic E-state index is 12.7. The molecule has 0 saturated carbocycles.